The molecule has 0 saturated carbocycles. The molecule has 1 unspecified atom stereocenters. The van der Waals surface area contributed by atoms with E-state index < -0.39 is 28.2 Å². The summed E-state index contributed by atoms with van der Waals surface area (Å²) in [6.07, 6.45) is 5.69. The summed E-state index contributed by atoms with van der Waals surface area (Å²) in [6.45, 7) is 2.90. The van der Waals surface area contributed by atoms with Gasteiger partial charge < -0.3 is 39.6 Å². The lowest BCUT2D eigenvalue weighted by molar-refractivity contribution is -0.0562. The molecule has 1 aromatic carbocycles. The van der Waals surface area contributed by atoms with Crippen LogP contribution in [0.2, 0.25) is 0 Å². The van der Waals surface area contributed by atoms with Gasteiger partial charge in [0.15, 0.2) is 9.92 Å². The number of thiazole rings is 1. The number of aliphatic hydroxyl groups is 3. The molecule has 0 bridgehead atoms. The van der Waals surface area contributed by atoms with Gasteiger partial charge in [-0.05, 0) is 67.7 Å². The zero-order valence-corrected chi connectivity index (χ0v) is 26.1. The van der Waals surface area contributed by atoms with Gasteiger partial charge in [0.05, 0.1) is 71.8 Å². The van der Waals surface area contributed by atoms with Crippen LogP contribution < -0.4 is 10.0 Å². The number of hydrogen-bond acceptors (Lipinski definition) is 12. The SMILES string of the molecule is C[C@](O)(COCCOCCOCCOCCO)c1nc(CO)c(S(=N)(=O)NC(=O)Nc2c3c(cc4c2CCC4)CCC3)s1. The number of benzene rings is 1. The fourth-order valence-corrected chi connectivity index (χ4v) is 7.75. The van der Waals surface area contributed by atoms with Gasteiger partial charge in [0.2, 0.25) is 0 Å². The van der Waals surface area contributed by atoms with Gasteiger partial charge in [-0.15, -0.1) is 11.3 Å². The number of nitrogens with one attached hydrogen (secondary N) is 3. The van der Waals surface area contributed by atoms with Crippen LogP contribution in [0.1, 0.15) is 52.7 Å². The highest BCUT2D eigenvalue weighted by Gasteiger charge is 2.33. The molecule has 15 heteroatoms. The fraction of sp³-hybridized carbons (Fsp3) is 0.643. The zero-order chi connectivity index (χ0) is 30.9. The molecule has 240 valence electrons. The van der Waals surface area contributed by atoms with E-state index in [0.29, 0.717) is 26.4 Å². The Bertz CT molecular complexity index is 1320. The summed E-state index contributed by atoms with van der Waals surface area (Å²) in [7, 11) is -3.91. The second kappa shape index (κ2) is 15.7. The molecule has 4 rings (SSSR count). The van der Waals surface area contributed by atoms with E-state index in [0.717, 1.165) is 66.7 Å². The highest BCUT2D eigenvalue weighted by molar-refractivity contribution is 7.93. The largest absolute Gasteiger partial charge is 0.394 e. The second-order valence-electron chi connectivity index (χ2n) is 10.6. The van der Waals surface area contributed by atoms with Crippen molar-refractivity contribution >= 4 is 33.0 Å². The van der Waals surface area contributed by atoms with E-state index in [1.165, 1.54) is 18.1 Å². The van der Waals surface area contributed by atoms with Crippen molar-refractivity contribution in [3.8, 4) is 0 Å². The third-order valence-electron chi connectivity index (χ3n) is 7.22. The van der Waals surface area contributed by atoms with Crippen molar-refractivity contribution in [3.63, 3.8) is 0 Å². The molecule has 2 aliphatic rings. The maximum atomic E-state index is 13.4. The van der Waals surface area contributed by atoms with E-state index in [-0.39, 0.29) is 47.9 Å². The summed E-state index contributed by atoms with van der Waals surface area (Å²) in [5.41, 5.74) is 3.80. The van der Waals surface area contributed by atoms with Crippen LogP contribution in [0.15, 0.2) is 10.3 Å². The number of anilines is 1. The monoisotopic (exact) mass is 642 g/mol. The van der Waals surface area contributed by atoms with Crippen molar-refractivity contribution in [2.75, 3.05) is 64.8 Å². The maximum Gasteiger partial charge on any atom is 0.331 e. The molecule has 13 nitrogen and oxygen atoms in total. The van der Waals surface area contributed by atoms with Crippen LogP contribution in [0.4, 0.5) is 10.5 Å². The first kappa shape index (κ1) is 33.7. The summed E-state index contributed by atoms with van der Waals surface area (Å²) in [5, 5.41) is 32.5. The van der Waals surface area contributed by atoms with Crippen LogP contribution in [-0.4, -0.2) is 90.0 Å². The Morgan fingerprint density at radius 3 is 2.09 bits per heavy atom. The van der Waals surface area contributed by atoms with Crippen LogP contribution >= 0.6 is 11.3 Å². The molecular weight excluding hydrogens is 600 g/mol. The summed E-state index contributed by atoms with van der Waals surface area (Å²) < 4.78 is 45.5. The van der Waals surface area contributed by atoms with Gasteiger partial charge in [-0.1, -0.05) is 6.07 Å². The van der Waals surface area contributed by atoms with Crippen LogP contribution in [0.25, 0.3) is 0 Å². The predicted molar refractivity (Wildman–Crippen MR) is 160 cm³/mol. The smallest absolute Gasteiger partial charge is 0.331 e. The first-order valence-electron chi connectivity index (χ1n) is 14.5. The lowest BCUT2D eigenvalue weighted by Crippen LogP contribution is -2.34. The number of carbonyl (C=O) groups is 1. The van der Waals surface area contributed by atoms with Gasteiger partial charge in [-0.25, -0.2) is 23.5 Å². The molecule has 0 radical (unpaired) electrons. The third-order valence-corrected chi connectivity index (χ3v) is 10.5. The molecule has 43 heavy (non-hydrogen) atoms. The molecule has 2 aliphatic carbocycles. The van der Waals surface area contributed by atoms with Crippen LogP contribution in [0.3, 0.4) is 0 Å². The Labute approximate surface area is 256 Å². The van der Waals surface area contributed by atoms with Crippen molar-refractivity contribution in [1.29, 1.82) is 4.78 Å². The van der Waals surface area contributed by atoms with E-state index in [1.807, 2.05) is 0 Å². The van der Waals surface area contributed by atoms with E-state index >= 15 is 0 Å². The van der Waals surface area contributed by atoms with E-state index in [2.05, 4.69) is 21.1 Å². The molecular formula is C28H42N4O9S2. The number of nitrogens with zero attached hydrogens (tertiary/aromatic N) is 1. The van der Waals surface area contributed by atoms with Crippen molar-refractivity contribution in [2.45, 2.75) is 61.9 Å². The lowest BCUT2D eigenvalue weighted by atomic mass is 9.99. The molecule has 0 saturated heterocycles. The second-order valence-corrected chi connectivity index (χ2v) is 13.6. The topological polar surface area (TPSA) is 193 Å². The molecule has 0 fully saturated rings. The van der Waals surface area contributed by atoms with Crippen molar-refractivity contribution < 1.29 is 43.3 Å². The van der Waals surface area contributed by atoms with Gasteiger partial charge in [-0.3, -0.25) is 0 Å². The van der Waals surface area contributed by atoms with E-state index in [1.54, 1.807) is 0 Å². The molecule has 1 aromatic heterocycles. The Hall–Kier alpha value is -2.21. The predicted octanol–water partition coefficient (Wildman–Crippen LogP) is 2.02. The molecule has 2 aromatic rings. The number of urea groups is 1. The molecule has 0 aliphatic heterocycles. The number of carbonyl (C=O) groups excluding carboxylic acids is 1. The van der Waals surface area contributed by atoms with Crippen LogP contribution in [0, 0.1) is 4.78 Å². The molecule has 2 atom stereocenters. The maximum absolute atomic E-state index is 13.4. The van der Waals surface area contributed by atoms with Gasteiger partial charge in [0.25, 0.3) is 0 Å². The number of hydrogen-bond donors (Lipinski definition) is 6. The highest BCUT2D eigenvalue weighted by atomic mass is 32.2. The van der Waals surface area contributed by atoms with Gasteiger partial charge in [-0.2, -0.15) is 0 Å². The molecule has 2 amide bonds. The zero-order valence-electron chi connectivity index (χ0n) is 24.4. The van der Waals surface area contributed by atoms with Crippen LogP contribution in [0.5, 0.6) is 0 Å². The Balaban J connectivity index is 1.29. The van der Waals surface area contributed by atoms with Crippen molar-refractivity contribution in [1.82, 2.24) is 9.71 Å². The summed E-state index contributed by atoms with van der Waals surface area (Å²) in [4.78, 5) is 17.3. The minimum Gasteiger partial charge on any atom is -0.394 e. The third kappa shape index (κ3) is 8.93. The highest BCUT2D eigenvalue weighted by Crippen LogP contribution is 2.39. The minimum absolute atomic E-state index is 0.0272. The number of fused-ring (bicyclic) bond motifs is 2. The van der Waals surface area contributed by atoms with E-state index in [4.69, 9.17) is 28.8 Å². The number of amides is 2. The average molecular weight is 643 g/mol. The quantitative estimate of drug-likeness (QED) is 0.131. The first-order valence-corrected chi connectivity index (χ1v) is 16.8. The molecule has 1 heterocycles. The first-order chi connectivity index (χ1) is 20.7. The number of aromatic nitrogens is 1. The van der Waals surface area contributed by atoms with Gasteiger partial charge in [0.1, 0.15) is 14.8 Å². The average Bonchev–Trinajstić information content (AvgIpc) is 3.73. The van der Waals surface area contributed by atoms with Gasteiger partial charge >= 0.3 is 6.03 Å². The summed E-state index contributed by atoms with van der Waals surface area (Å²) in [6, 6.07) is 1.48. The number of rotatable bonds is 18. The Morgan fingerprint density at radius 1 is 0.977 bits per heavy atom. The molecule has 0 spiro atoms. The summed E-state index contributed by atoms with van der Waals surface area (Å²) >= 11 is 0.792. The summed E-state index contributed by atoms with van der Waals surface area (Å²) in [5.74, 6) is 0. The number of ether oxygens (including phenoxy) is 4. The Morgan fingerprint density at radius 2 is 1.53 bits per heavy atom. The Kier molecular flexibility index (Phi) is 12.3. The minimum atomic E-state index is -3.91. The normalized spacial score (nSPS) is 16.8. The fourth-order valence-electron chi connectivity index (χ4n) is 5.23. The lowest BCUT2D eigenvalue weighted by Gasteiger charge is -2.20. The van der Waals surface area contributed by atoms with Crippen molar-refractivity contribution in [2.24, 2.45) is 0 Å². The standard InChI is InChI=1S/C28H42N4O9S2/c1-28(36,18-41-15-14-40-13-12-39-11-10-38-9-8-33)26-30-23(17-34)25(42-26)43(29,37)32-27(35)31-24-21-6-2-4-19(21)16-20-5-3-7-22(20)24/h16,33-34,36H,2-15,17-18H2,1H3,(H3,29,31,32,35,37)/t28-,43?/m0/s1. The van der Waals surface area contributed by atoms with E-state index in [9.17, 15) is 19.2 Å². The van der Waals surface area contributed by atoms with Crippen LogP contribution in [-0.2, 0) is 66.8 Å². The van der Waals surface area contributed by atoms with Gasteiger partial charge in [0, 0.05) is 5.69 Å². The molecule has 6 N–H and O–H groups in total. The number of aliphatic hydroxyl groups excluding tert-OH is 2. The van der Waals surface area contributed by atoms with Crippen molar-refractivity contribution in [3.05, 3.63) is 39.0 Å². The number of aryl methyl sites for hydroxylation is 2.